The zero-order valence-corrected chi connectivity index (χ0v) is 23.0. The predicted molar refractivity (Wildman–Crippen MR) is 148 cm³/mol. The molecule has 0 spiro atoms. The van der Waals surface area contributed by atoms with Crippen LogP contribution in [0.5, 0.6) is 11.5 Å². The van der Waals surface area contributed by atoms with E-state index in [9.17, 15) is 9.59 Å². The molecule has 1 saturated heterocycles. The number of amides is 1. The van der Waals surface area contributed by atoms with Crippen molar-refractivity contribution in [2.45, 2.75) is 51.6 Å². The molecular formula is C30H36N4O5. The number of para-hydroxylation sites is 1. The molecule has 0 bridgehead atoms. The van der Waals surface area contributed by atoms with Crippen LogP contribution in [0, 0.1) is 5.92 Å². The SMILES string of the molecule is COC(=O)c1c(-c2ccc(Oc3ccccc3)cc2)nc2n1NCCC2C1CCN(C(=O)OC(C)(C)C)CC1. The lowest BCUT2D eigenvalue weighted by atomic mass is 9.81. The molecule has 2 aromatic carbocycles. The van der Waals surface area contributed by atoms with E-state index in [2.05, 4.69) is 5.43 Å². The summed E-state index contributed by atoms with van der Waals surface area (Å²) in [6.45, 7) is 7.65. The first kappa shape index (κ1) is 26.6. The van der Waals surface area contributed by atoms with Gasteiger partial charge in [-0.05, 0) is 82.3 Å². The van der Waals surface area contributed by atoms with Crippen LogP contribution in [-0.2, 0) is 9.47 Å². The fourth-order valence-corrected chi connectivity index (χ4v) is 5.36. The van der Waals surface area contributed by atoms with Crippen molar-refractivity contribution in [1.29, 1.82) is 0 Å². The van der Waals surface area contributed by atoms with Crippen molar-refractivity contribution in [2.24, 2.45) is 5.92 Å². The number of carbonyl (C=O) groups excluding carboxylic acids is 2. The molecule has 3 aromatic rings. The van der Waals surface area contributed by atoms with Crippen molar-refractivity contribution in [3.05, 3.63) is 66.1 Å². The molecule has 0 aliphatic carbocycles. The average molecular weight is 533 g/mol. The van der Waals surface area contributed by atoms with Gasteiger partial charge in [0, 0.05) is 31.1 Å². The Kier molecular flexibility index (Phi) is 7.50. The standard InChI is InChI=1S/C30H36N4O5/c1-30(2,3)39-29(36)33-18-15-20(16-19-33)24-14-17-31-34-26(28(35)37-4)25(32-27(24)34)21-10-12-23(13-11-21)38-22-8-6-5-7-9-22/h5-13,20,24,31H,14-19H2,1-4H3. The number of aromatic nitrogens is 2. The van der Waals surface area contributed by atoms with Crippen molar-refractivity contribution in [3.8, 4) is 22.8 Å². The molecule has 9 nitrogen and oxygen atoms in total. The Morgan fingerprint density at radius 3 is 2.26 bits per heavy atom. The monoisotopic (exact) mass is 532 g/mol. The van der Waals surface area contributed by atoms with E-state index in [-0.39, 0.29) is 12.0 Å². The van der Waals surface area contributed by atoms with Crippen LogP contribution in [0.4, 0.5) is 4.79 Å². The molecule has 2 aliphatic rings. The number of benzene rings is 2. The molecule has 39 heavy (non-hydrogen) atoms. The fraction of sp³-hybridized carbons (Fsp3) is 0.433. The Morgan fingerprint density at radius 1 is 0.949 bits per heavy atom. The summed E-state index contributed by atoms with van der Waals surface area (Å²) in [6.07, 6.45) is 2.34. The number of carbonyl (C=O) groups is 2. The number of ether oxygens (including phenoxy) is 3. The number of nitrogens with one attached hydrogen (secondary N) is 1. The Balaban J connectivity index is 1.38. The van der Waals surface area contributed by atoms with Gasteiger partial charge >= 0.3 is 12.1 Å². The van der Waals surface area contributed by atoms with E-state index in [4.69, 9.17) is 19.2 Å². The highest BCUT2D eigenvalue weighted by Crippen LogP contribution is 2.39. The molecule has 2 aliphatic heterocycles. The second-order valence-corrected chi connectivity index (χ2v) is 11.0. The number of nitrogens with zero attached hydrogens (tertiary/aromatic N) is 3. The smallest absolute Gasteiger partial charge is 0.410 e. The van der Waals surface area contributed by atoms with E-state index >= 15 is 0 Å². The average Bonchev–Trinajstić information content (AvgIpc) is 3.32. The summed E-state index contributed by atoms with van der Waals surface area (Å²) >= 11 is 0. The van der Waals surface area contributed by atoms with E-state index in [0.717, 1.165) is 36.4 Å². The van der Waals surface area contributed by atoms with Crippen molar-refractivity contribution in [2.75, 3.05) is 32.2 Å². The molecule has 5 rings (SSSR count). The van der Waals surface area contributed by atoms with Crippen LogP contribution in [0.2, 0.25) is 0 Å². The number of hydrogen-bond donors (Lipinski definition) is 1. The van der Waals surface area contributed by atoms with Crippen LogP contribution in [0.1, 0.15) is 62.3 Å². The Labute approximate surface area is 229 Å². The third-order valence-corrected chi connectivity index (χ3v) is 7.21. The fourth-order valence-electron chi connectivity index (χ4n) is 5.36. The summed E-state index contributed by atoms with van der Waals surface area (Å²) in [4.78, 5) is 32.3. The Morgan fingerprint density at radius 2 is 1.62 bits per heavy atom. The zero-order chi connectivity index (χ0) is 27.6. The van der Waals surface area contributed by atoms with Crippen LogP contribution in [0.15, 0.2) is 54.6 Å². The van der Waals surface area contributed by atoms with E-state index in [0.29, 0.717) is 42.7 Å². The summed E-state index contributed by atoms with van der Waals surface area (Å²) in [5, 5.41) is 0. The largest absolute Gasteiger partial charge is 0.464 e. The molecule has 1 atom stereocenters. The normalized spacial score (nSPS) is 17.6. The molecule has 206 valence electrons. The van der Waals surface area contributed by atoms with Gasteiger partial charge in [0.2, 0.25) is 0 Å². The van der Waals surface area contributed by atoms with Crippen molar-refractivity contribution in [1.82, 2.24) is 14.6 Å². The van der Waals surface area contributed by atoms with E-state index in [1.54, 1.807) is 4.90 Å². The quantitative estimate of drug-likeness (QED) is 0.415. The van der Waals surface area contributed by atoms with Gasteiger partial charge in [-0.3, -0.25) is 0 Å². The molecule has 3 heterocycles. The summed E-state index contributed by atoms with van der Waals surface area (Å²) in [5.41, 5.74) is 4.60. The summed E-state index contributed by atoms with van der Waals surface area (Å²) in [5.74, 6) is 2.33. The van der Waals surface area contributed by atoms with Gasteiger partial charge < -0.3 is 24.5 Å². The molecule has 1 N–H and O–H groups in total. The van der Waals surface area contributed by atoms with E-state index < -0.39 is 11.6 Å². The third-order valence-electron chi connectivity index (χ3n) is 7.21. The van der Waals surface area contributed by atoms with Crippen molar-refractivity contribution >= 4 is 12.1 Å². The maximum atomic E-state index is 13.0. The van der Waals surface area contributed by atoms with Crippen LogP contribution in [0.3, 0.4) is 0 Å². The number of fused-ring (bicyclic) bond motifs is 1. The highest BCUT2D eigenvalue weighted by Gasteiger charge is 2.37. The van der Waals surface area contributed by atoms with Crippen LogP contribution in [-0.4, -0.2) is 59.0 Å². The van der Waals surface area contributed by atoms with Gasteiger partial charge in [0.1, 0.15) is 28.6 Å². The van der Waals surface area contributed by atoms with Gasteiger partial charge in [0.05, 0.1) is 7.11 Å². The van der Waals surface area contributed by atoms with Crippen LogP contribution in [0.25, 0.3) is 11.3 Å². The topological polar surface area (TPSA) is 94.9 Å². The molecule has 0 saturated carbocycles. The van der Waals surface area contributed by atoms with Crippen molar-refractivity contribution in [3.63, 3.8) is 0 Å². The molecule has 1 aromatic heterocycles. The van der Waals surface area contributed by atoms with Crippen LogP contribution < -0.4 is 10.2 Å². The molecule has 1 unspecified atom stereocenters. The van der Waals surface area contributed by atoms with Gasteiger partial charge in [-0.15, -0.1) is 0 Å². The van der Waals surface area contributed by atoms with Gasteiger partial charge in [0.25, 0.3) is 0 Å². The summed E-state index contributed by atoms with van der Waals surface area (Å²) < 4.78 is 18.5. The first-order valence-corrected chi connectivity index (χ1v) is 13.5. The molecular weight excluding hydrogens is 496 g/mol. The summed E-state index contributed by atoms with van der Waals surface area (Å²) in [7, 11) is 1.38. The van der Waals surface area contributed by atoms with Crippen molar-refractivity contribution < 1.29 is 23.8 Å². The predicted octanol–water partition coefficient (Wildman–Crippen LogP) is 5.81. The van der Waals surface area contributed by atoms with Gasteiger partial charge in [0.15, 0.2) is 5.69 Å². The lowest BCUT2D eigenvalue weighted by Gasteiger charge is -2.38. The van der Waals surface area contributed by atoms with E-state index in [1.165, 1.54) is 7.11 Å². The van der Waals surface area contributed by atoms with Gasteiger partial charge in [-0.25, -0.2) is 19.2 Å². The van der Waals surface area contributed by atoms with E-state index in [1.807, 2.05) is 80.0 Å². The molecule has 9 heteroatoms. The highest BCUT2D eigenvalue weighted by molar-refractivity contribution is 5.95. The Hall–Kier alpha value is -4.01. The molecule has 1 amide bonds. The van der Waals surface area contributed by atoms with Gasteiger partial charge in [-0.1, -0.05) is 18.2 Å². The minimum atomic E-state index is -0.514. The second-order valence-electron chi connectivity index (χ2n) is 11.0. The lowest BCUT2D eigenvalue weighted by molar-refractivity contribution is 0.0170. The maximum Gasteiger partial charge on any atom is 0.410 e. The molecule has 1 fully saturated rings. The minimum absolute atomic E-state index is 0.157. The number of piperidine rings is 1. The number of methoxy groups -OCH3 is 1. The number of likely N-dealkylation sites (tertiary alicyclic amines) is 1. The van der Waals surface area contributed by atoms with Crippen LogP contribution >= 0.6 is 0 Å². The minimum Gasteiger partial charge on any atom is -0.464 e. The maximum absolute atomic E-state index is 13.0. The first-order chi connectivity index (χ1) is 18.7. The zero-order valence-electron chi connectivity index (χ0n) is 23.0. The number of rotatable bonds is 5. The number of hydrogen-bond acceptors (Lipinski definition) is 7. The highest BCUT2D eigenvalue weighted by atomic mass is 16.6. The molecule has 0 radical (unpaired) electrons. The first-order valence-electron chi connectivity index (χ1n) is 13.5. The van der Waals surface area contributed by atoms with Gasteiger partial charge in [-0.2, -0.15) is 0 Å². The number of imidazole rings is 1. The summed E-state index contributed by atoms with van der Waals surface area (Å²) in [6, 6.07) is 17.2. The second kappa shape index (κ2) is 11.0. The lowest BCUT2D eigenvalue weighted by Crippen LogP contribution is -2.43. The third kappa shape index (κ3) is 5.87. The number of esters is 1. The Bertz CT molecular complexity index is 1310.